The summed E-state index contributed by atoms with van der Waals surface area (Å²) in [6.07, 6.45) is 3.13. The molecule has 3 nitrogen and oxygen atoms in total. The molecule has 0 atom stereocenters. The maximum absolute atomic E-state index is 10.2. The molecule has 0 bridgehead atoms. The number of halogens is 2. The van der Waals surface area contributed by atoms with Crippen LogP contribution in [0.1, 0.15) is 19.4 Å². The van der Waals surface area contributed by atoms with Gasteiger partial charge in [0, 0.05) is 10.7 Å². The van der Waals surface area contributed by atoms with Crippen molar-refractivity contribution in [1.82, 2.24) is 4.98 Å². The van der Waals surface area contributed by atoms with E-state index in [0.717, 1.165) is 10.0 Å². The Morgan fingerprint density at radius 2 is 2.29 bits per heavy atom. The number of carbonyl (C=O) groups excluding carboxylic acids is 1. The fraction of sp³-hybridized carbons (Fsp3) is 0.333. The first-order valence-corrected chi connectivity index (χ1v) is 5.05. The number of rotatable bonds is 2. The summed E-state index contributed by atoms with van der Waals surface area (Å²) in [5.74, 6) is 0. The van der Waals surface area contributed by atoms with E-state index in [-0.39, 0.29) is 0 Å². The highest BCUT2D eigenvalue weighted by Gasteiger charge is 2.22. The average Bonchev–Trinajstić information content (AvgIpc) is 2.09. The zero-order valence-corrected chi connectivity index (χ0v) is 10.1. The molecule has 0 aromatic carbocycles. The van der Waals surface area contributed by atoms with Crippen LogP contribution in [0.15, 0.2) is 21.7 Å². The van der Waals surface area contributed by atoms with Crippen LogP contribution in [0.2, 0.25) is 5.15 Å². The van der Waals surface area contributed by atoms with Gasteiger partial charge in [-0.05, 0) is 41.4 Å². The summed E-state index contributed by atoms with van der Waals surface area (Å²) in [4.78, 5) is 17.8. The molecule has 0 saturated carbocycles. The van der Waals surface area contributed by atoms with E-state index in [1.54, 1.807) is 32.2 Å². The SMILES string of the molecule is CC(C)(N=C=O)c1cc(Cl)ncc1Br. The van der Waals surface area contributed by atoms with Gasteiger partial charge in [0.05, 0.1) is 5.54 Å². The maximum Gasteiger partial charge on any atom is 0.235 e. The lowest BCUT2D eigenvalue weighted by atomic mass is 9.96. The summed E-state index contributed by atoms with van der Waals surface area (Å²) >= 11 is 9.08. The van der Waals surface area contributed by atoms with Gasteiger partial charge in [0.1, 0.15) is 5.15 Å². The monoisotopic (exact) mass is 274 g/mol. The van der Waals surface area contributed by atoms with E-state index >= 15 is 0 Å². The van der Waals surface area contributed by atoms with Crippen LogP contribution in [0.5, 0.6) is 0 Å². The maximum atomic E-state index is 10.2. The molecule has 0 radical (unpaired) electrons. The molecule has 0 N–H and O–H groups in total. The van der Waals surface area contributed by atoms with Crippen molar-refractivity contribution in [3.05, 3.63) is 27.5 Å². The van der Waals surface area contributed by atoms with Crippen molar-refractivity contribution in [2.75, 3.05) is 0 Å². The molecule has 1 aromatic heterocycles. The van der Waals surface area contributed by atoms with Crippen LogP contribution < -0.4 is 0 Å². The number of aromatic nitrogens is 1. The zero-order chi connectivity index (χ0) is 10.8. The molecule has 1 rings (SSSR count). The molecule has 0 unspecified atom stereocenters. The molecule has 0 aliphatic heterocycles. The fourth-order valence-electron chi connectivity index (χ4n) is 1.06. The van der Waals surface area contributed by atoms with Gasteiger partial charge in [-0.2, -0.15) is 4.99 Å². The molecular weight excluding hydrogens is 267 g/mol. The van der Waals surface area contributed by atoms with E-state index in [1.807, 2.05) is 0 Å². The summed E-state index contributed by atoms with van der Waals surface area (Å²) in [5.41, 5.74) is 0.161. The van der Waals surface area contributed by atoms with Crippen molar-refractivity contribution < 1.29 is 4.79 Å². The van der Waals surface area contributed by atoms with Gasteiger partial charge in [-0.25, -0.2) is 9.78 Å². The van der Waals surface area contributed by atoms with E-state index in [9.17, 15) is 4.79 Å². The number of nitrogens with zero attached hydrogens (tertiary/aromatic N) is 2. The summed E-state index contributed by atoms with van der Waals surface area (Å²) in [7, 11) is 0. The van der Waals surface area contributed by atoms with Crippen LogP contribution in [0.3, 0.4) is 0 Å². The number of hydrogen-bond acceptors (Lipinski definition) is 3. The minimum atomic E-state index is -0.646. The molecule has 0 spiro atoms. The predicted molar refractivity (Wildman–Crippen MR) is 58.1 cm³/mol. The van der Waals surface area contributed by atoms with Crippen LogP contribution in [0, 0.1) is 0 Å². The van der Waals surface area contributed by atoms with Crippen molar-refractivity contribution in [2.24, 2.45) is 4.99 Å². The van der Waals surface area contributed by atoms with Crippen molar-refractivity contribution >= 4 is 33.6 Å². The third kappa shape index (κ3) is 2.41. The van der Waals surface area contributed by atoms with Crippen molar-refractivity contribution in [1.29, 1.82) is 0 Å². The van der Waals surface area contributed by atoms with Crippen LogP contribution in [0.25, 0.3) is 0 Å². The average molecular weight is 276 g/mol. The Bertz CT molecular complexity index is 400. The molecular formula is C9H8BrClN2O. The van der Waals surface area contributed by atoms with Crippen LogP contribution >= 0.6 is 27.5 Å². The second-order valence-corrected chi connectivity index (χ2v) is 4.49. The van der Waals surface area contributed by atoms with E-state index in [2.05, 4.69) is 25.9 Å². The Morgan fingerprint density at radius 3 is 2.86 bits per heavy atom. The highest BCUT2D eigenvalue weighted by atomic mass is 79.9. The summed E-state index contributed by atoms with van der Waals surface area (Å²) in [6, 6.07) is 1.67. The molecule has 1 aromatic rings. The molecule has 0 amide bonds. The number of pyridine rings is 1. The van der Waals surface area contributed by atoms with Crippen LogP contribution in [-0.4, -0.2) is 11.1 Å². The van der Waals surface area contributed by atoms with E-state index in [4.69, 9.17) is 11.6 Å². The first kappa shape index (κ1) is 11.4. The van der Waals surface area contributed by atoms with E-state index in [1.165, 1.54) is 0 Å². The third-order valence-corrected chi connectivity index (χ3v) is 2.64. The predicted octanol–water partition coefficient (Wildman–Crippen LogP) is 3.07. The highest BCUT2D eigenvalue weighted by Crippen LogP contribution is 2.31. The number of hydrogen-bond donors (Lipinski definition) is 0. The lowest BCUT2D eigenvalue weighted by Crippen LogP contribution is -2.14. The van der Waals surface area contributed by atoms with Gasteiger partial charge >= 0.3 is 0 Å². The summed E-state index contributed by atoms with van der Waals surface area (Å²) < 4.78 is 0.769. The van der Waals surface area contributed by atoms with E-state index < -0.39 is 5.54 Å². The fourth-order valence-corrected chi connectivity index (χ4v) is 1.92. The van der Waals surface area contributed by atoms with Gasteiger partial charge in [0.25, 0.3) is 0 Å². The Balaban J connectivity index is 3.30. The topological polar surface area (TPSA) is 42.3 Å². The number of isocyanates is 1. The second kappa shape index (κ2) is 4.22. The Morgan fingerprint density at radius 1 is 1.64 bits per heavy atom. The molecule has 74 valence electrons. The molecule has 5 heteroatoms. The molecule has 0 fully saturated rings. The van der Waals surface area contributed by atoms with Gasteiger partial charge in [0.15, 0.2) is 0 Å². The third-order valence-electron chi connectivity index (χ3n) is 1.81. The molecule has 0 aliphatic carbocycles. The Labute approximate surface area is 95.3 Å². The quantitative estimate of drug-likeness (QED) is 0.473. The normalized spacial score (nSPS) is 10.9. The first-order chi connectivity index (χ1) is 6.47. The minimum Gasteiger partial charge on any atom is -0.243 e. The Hall–Kier alpha value is -0.700. The second-order valence-electron chi connectivity index (χ2n) is 3.25. The van der Waals surface area contributed by atoms with Gasteiger partial charge in [0.2, 0.25) is 6.08 Å². The first-order valence-electron chi connectivity index (χ1n) is 3.88. The van der Waals surface area contributed by atoms with Gasteiger partial charge in [-0.3, -0.25) is 0 Å². The van der Waals surface area contributed by atoms with Gasteiger partial charge < -0.3 is 0 Å². The summed E-state index contributed by atoms with van der Waals surface area (Å²) in [5, 5.41) is 0.373. The smallest absolute Gasteiger partial charge is 0.235 e. The van der Waals surface area contributed by atoms with E-state index in [0.29, 0.717) is 5.15 Å². The standard InChI is InChI=1S/C9H8BrClN2O/c1-9(2,13-5-14)6-3-8(11)12-4-7(6)10/h3-4H,1-2H3. The van der Waals surface area contributed by atoms with Crippen molar-refractivity contribution in [2.45, 2.75) is 19.4 Å². The minimum absolute atomic E-state index is 0.373. The van der Waals surface area contributed by atoms with Crippen molar-refractivity contribution in [3.63, 3.8) is 0 Å². The highest BCUT2D eigenvalue weighted by molar-refractivity contribution is 9.10. The molecule has 14 heavy (non-hydrogen) atoms. The molecule has 0 aliphatic rings. The Kier molecular flexibility index (Phi) is 3.43. The van der Waals surface area contributed by atoms with Crippen LogP contribution in [-0.2, 0) is 10.3 Å². The van der Waals surface area contributed by atoms with Gasteiger partial charge in [-0.15, -0.1) is 0 Å². The molecule has 1 heterocycles. The number of aliphatic imine (C=N–C) groups is 1. The molecule has 0 saturated heterocycles. The van der Waals surface area contributed by atoms with Crippen molar-refractivity contribution in [3.8, 4) is 0 Å². The zero-order valence-electron chi connectivity index (χ0n) is 7.71. The van der Waals surface area contributed by atoms with Crippen LogP contribution in [0.4, 0.5) is 0 Å². The summed E-state index contributed by atoms with van der Waals surface area (Å²) in [6.45, 7) is 3.60. The largest absolute Gasteiger partial charge is 0.243 e. The van der Waals surface area contributed by atoms with Gasteiger partial charge in [-0.1, -0.05) is 11.6 Å². The lowest BCUT2D eigenvalue weighted by Gasteiger charge is -2.19. The lowest BCUT2D eigenvalue weighted by molar-refractivity contribution is 0.521.